The van der Waals surface area contributed by atoms with Gasteiger partial charge in [0.05, 0.1) is 13.0 Å². The van der Waals surface area contributed by atoms with E-state index >= 15 is 0 Å². The first kappa shape index (κ1) is 13.0. The number of rotatable bonds is 5. The molecule has 0 bridgehead atoms. The fraction of sp³-hybridized carbons (Fsp3) is 0.833. The van der Waals surface area contributed by atoms with Crippen molar-refractivity contribution in [3.63, 3.8) is 0 Å². The summed E-state index contributed by atoms with van der Waals surface area (Å²) in [5.74, 6) is -1.41. The third kappa shape index (κ3) is 2.74. The number of carbonyl (C=O) groups excluding carboxylic acids is 2. The van der Waals surface area contributed by atoms with Crippen LogP contribution in [0, 0.1) is 11.8 Å². The van der Waals surface area contributed by atoms with Gasteiger partial charge in [0.15, 0.2) is 0 Å². The summed E-state index contributed by atoms with van der Waals surface area (Å²) in [6, 6.07) is 0. The minimum atomic E-state index is -0.422. The molecule has 1 aliphatic heterocycles. The van der Waals surface area contributed by atoms with Crippen molar-refractivity contribution in [1.82, 2.24) is 0 Å². The quantitative estimate of drug-likeness (QED) is 0.533. The van der Waals surface area contributed by atoms with Crippen LogP contribution in [0.25, 0.3) is 0 Å². The minimum absolute atomic E-state index is 0.281. The molecule has 4 nitrogen and oxygen atoms in total. The van der Waals surface area contributed by atoms with E-state index in [1.807, 2.05) is 0 Å². The molecule has 1 rings (SSSR count). The molecule has 1 saturated heterocycles. The second kappa shape index (κ2) is 5.87. The van der Waals surface area contributed by atoms with Crippen molar-refractivity contribution in [1.29, 1.82) is 0 Å². The van der Waals surface area contributed by atoms with E-state index in [1.165, 1.54) is 7.11 Å². The maximum Gasteiger partial charge on any atom is 0.313 e. The molecule has 3 atom stereocenters. The molecule has 92 valence electrons. The third-order valence-electron chi connectivity index (χ3n) is 3.14. The normalized spacial score (nSPS) is 28.9. The van der Waals surface area contributed by atoms with Gasteiger partial charge in [0.25, 0.3) is 0 Å². The van der Waals surface area contributed by atoms with Gasteiger partial charge in [0.2, 0.25) is 0 Å². The van der Waals surface area contributed by atoms with Crippen molar-refractivity contribution in [2.75, 3.05) is 7.11 Å². The molecule has 4 heteroatoms. The maximum absolute atomic E-state index is 11.6. The molecule has 1 heterocycles. The van der Waals surface area contributed by atoms with Crippen molar-refractivity contribution >= 4 is 11.9 Å². The van der Waals surface area contributed by atoms with Gasteiger partial charge in [-0.3, -0.25) is 9.59 Å². The lowest BCUT2D eigenvalue weighted by molar-refractivity contribution is -0.148. The molecule has 0 radical (unpaired) electrons. The van der Waals surface area contributed by atoms with Gasteiger partial charge in [-0.05, 0) is 12.8 Å². The van der Waals surface area contributed by atoms with Crippen LogP contribution >= 0.6 is 0 Å². The SMILES string of the molecule is CCCCC[C@@H]1OC(=O)[C@@H](C)[C@H]1C(=O)OC. The second-order valence-electron chi connectivity index (χ2n) is 4.31. The van der Waals surface area contributed by atoms with E-state index in [4.69, 9.17) is 9.47 Å². The molecule has 0 aromatic rings. The first-order valence-corrected chi connectivity index (χ1v) is 5.90. The number of methoxy groups -OCH3 is 1. The fourth-order valence-corrected chi connectivity index (χ4v) is 2.12. The molecule has 0 aromatic carbocycles. The molecule has 0 unspecified atom stereocenters. The van der Waals surface area contributed by atoms with E-state index in [0.29, 0.717) is 0 Å². The summed E-state index contributed by atoms with van der Waals surface area (Å²) in [5, 5.41) is 0. The monoisotopic (exact) mass is 228 g/mol. The Hall–Kier alpha value is -1.06. The van der Waals surface area contributed by atoms with Gasteiger partial charge in [-0.2, -0.15) is 0 Å². The highest BCUT2D eigenvalue weighted by Crippen LogP contribution is 2.32. The van der Waals surface area contributed by atoms with Crippen LogP contribution in [0.3, 0.4) is 0 Å². The average Bonchev–Trinajstić information content (AvgIpc) is 2.55. The van der Waals surface area contributed by atoms with Crippen LogP contribution in [-0.4, -0.2) is 25.2 Å². The summed E-state index contributed by atoms with van der Waals surface area (Å²) in [5.41, 5.74) is 0. The highest BCUT2D eigenvalue weighted by atomic mass is 16.6. The van der Waals surface area contributed by atoms with Crippen LogP contribution in [0.15, 0.2) is 0 Å². The molecule has 16 heavy (non-hydrogen) atoms. The molecular weight excluding hydrogens is 208 g/mol. The van der Waals surface area contributed by atoms with Gasteiger partial charge >= 0.3 is 11.9 Å². The van der Waals surface area contributed by atoms with E-state index in [-0.39, 0.29) is 24.0 Å². The van der Waals surface area contributed by atoms with Gasteiger partial charge < -0.3 is 9.47 Å². The van der Waals surface area contributed by atoms with Gasteiger partial charge in [0.1, 0.15) is 12.0 Å². The zero-order chi connectivity index (χ0) is 12.1. The highest BCUT2D eigenvalue weighted by Gasteiger charge is 2.46. The highest BCUT2D eigenvalue weighted by molar-refractivity contribution is 5.85. The van der Waals surface area contributed by atoms with Crippen LogP contribution in [0.4, 0.5) is 0 Å². The van der Waals surface area contributed by atoms with Crippen molar-refractivity contribution in [3.8, 4) is 0 Å². The van der Waals surface area contributed by atoms with Gasteiger partial charge in [-0.15, -0.1) is 0 Å². The lowest BCUT2D eigenvalue weighted by Crippen LogP contribution is -2.29. The lowest BCUT2D eigenvalue weighted by atomic mass is 9.89. The molecule has 0 amide bonds. The van der Waals surface area contributed by atoms with Crippen molar-refractivity contribution in [2.24, 2.45) is 11.8 Å². The standard InChI is InChI=1S/C12H20O4/c1-4-5-6-7-9-10(12(14)15-3)8(2)11(13)16-9/h8-10H,4-7H2,1-3H3/t8-,9-,10+/m0/s1. The van der Waals surface area contributed by atoms with E-state index in [2.05, 4.69) is 6.92 Å². The number of carbonyl (C=O) groups is 2. The van der Waals surface area contributed by atoms with Crippen molar-refractivity contribution in [3.05, 3.63) is 0 Å². The summed E-state index contributed by atoms with van der Waals surface area (Å²) >= 11 is 0. The van der Waals surface area contributed by atoms with Crippen LogP contribution in [0.5, 0.6) is 0 Å². The molecule has 0 aliphatic carbocycles. The van der Waals surface area contributed by atoms with E-state index in [0.717, 1.165) is 25.7 Å². The van der Waals surface area contributed by atoms with Crippen LogP contribution in [0.1, 0.15) is 39.5 Å². The Balaban J connectivity index is 2.60. The number of hydrogen-bond donors (Lipinski definition) is 0. The summed E-state index contributed by atoms with van der Waals surface area (Å²) in [6.45, 7) is 3.84. The number of esters is 2. The first-order valence-electron chi connectivity index (χ1n) is 5.90. The molecule has 0 aromatic heterocycles. The molecule has 1 fully saturated rings. The Morgan fingerprint density at radius 2 is 2.12 bits per heavy atom. The Bertz CT molecular complexity index is 262. The molecule has 1 aliphatic rings. The Labute approximate surface area is 96.3 Å². The predicted molar refractivity (Wildman–Crippen MR) is 58.7 cm³/mol. The van der Waals surface area contributed by atoms with E-state index in [9.17, 15) is 9.59 Å². The van der Waals surface area contributed by atoms with Gasteiger partial charge in [0, 0.05) is 0 Å². The second-order valence-corrected chi connectivity index (χ2v) is 4.31. The van der Waals surface area contributed by atoms with Gasteiger partial charge in [-0.25, -0.2) is 0 Å². The summed E-state index contributed by atoms with van der Waals surface area (Å²) < 4.78 is 9.93. The largest absolute Gasteiger partial charge is 0.469 e. The predicted octanol–water partition coefficient (Wildman–Crippen LogP) is 1.92. The zero-order valence-electron chi connectivity index (χ0n) is 10.2. The number of ether oxygens (including phenoxy) is 2. The Morgan fingerprint density at radius 1 is 1.44 bits per heavy atom. The van der Waals surface area contributed by atoms with Crippen LogP contribution in [0.2, 0.25) is 0 Å². The van der Waals surface area contributed by atoms with Crippen LogP contribution in [-0.2, 0) is 19.1 Å². The number of hydrogen-bond acceptors (Lipinski definition) is 4. The van der Waals surface area contributed by atoms with E-state index in [1.54, 1.807) is 6.92 Å². The molecule has 0 spiro atoms. The summed E-state index contributed by atoms with van der Waals surface area (Å²) in [7, 11) is 1.35. The fourth-order valence-electron chi connectivity index (χ4n) is 2.12. The molecular formula is C12H20O4. The first-order chi connectivity index (χ1) is 7.61. The topological polar surface area (TPSA) is 52.6 Å². The average molecular weight is 228 g/mol. The number of unbranched alkanes of at least 4 members (excludes halogenated alkanes) is 2. The summed E-state index contributed by atoms with van der Waals surface area (Å²) in [4.78, 5) is 23.0. The Kier molecular flexibility index (Phi) is 4.77. The minimum Gasteiger partial charge on any atom is -0.469 e. The lowest BCUT2D eigenvalue weighted by Gasteiger charge is -2.16. The molecule has 0 saturated carbocycles. The van der Waals surface area contributed by atoms with Crippen molar-refractivity contribution in [2.45, 2.75) is 45.6 Å². The Morgan fingerprint density at radius 3 is 2.69 bits per heavy atom. The van der Waals surface area contributed by atoms with E-state index < -0.39 is 5.92 Å². The third-order valence-corrected chi connectivity index (χ3v) is 3.14. The van der Waals surface area contributed by atoms with Crippen LogP contribution < -0.4 is 0 Å². The number of cyclic esters (lactones) is 1. The molecule has 0 N–H and O–H groups in total. The zero-order valence-corrected chi connectivity index (χ0v) is 10.2. The summed E-state index contributed by atoms with van der Waals surface area (Å²) in [6.07, 6.45) is 3.65. The van der Waals surface area contributed by atoms with Gasteiger partial charge in [-0.1, -0.05) is 26.7 Å². The smallest absolute Gasteiger partial charge is 0.313 e. The van der Waals surface area contributed by atoms with Crippen molar-refractivity contribution < 1.29 is 19.1 Å². The maximum atomic E-state index is 11.6.